The molecule has 2 atom stereocenters. The van der Waals surface area contributed by atoms with Gasteiger partial charge in [-0.3, -0.25) is 5.43 Å². The van der Waals surface area contributed by atoms with Crippen molar-refractivity contribution in [3.8, 4) is 0 Å². The minimum Gasteiger partial charge on any atom is -0.290 e. The number of nitrogens with one attached hydrogen (secondary N) is 1. The molecule has 22 heavy (non-hydrogen) atoms. The van der Waals surface area contributed by atoms with Crippen LogP contribution in [0.3, 0.4) is 0 Å². The van der Waals surface area contributed by atoms with Gasteiger partial charge in [0.05, 0.1) is 5.41 Å². The van der Waals surface area contributed by atoms with Crippen molar-refractivity contribution in [3.63, 3.8) is 0 Å². The number of sulfone groups is 1. The fourth-order valence-electron chi connectivity index (χ4n) is 3.27. The predicted octanol–water partition coefficient (Wildman–Crippen LogP) is 2.31. The summed E-state index contributed by atoms with van der Waals surface area (Å²) in [6, 6.07) is 19.3. The quantitative estimate of drug-likeness (QED) is 0.926. The molecule has 2 unspecified atom stereocenters. The van der Waals surface area contributed by atoms with E-state index in [2.05, 4.69) is 10.5 Å². The molecule has 4 nitrogen and oxygen atoms in total. The van der Waals surface area contributed by atoms with Crippen LogP contribution >= 0.6 is 0 Å². The van der Waals surface area contributed by atoms with Gasteiger partial charge >= 0.3 is 0 Å². The zero-order chi connectivity index (χ0) is 15.2. The van der Waals surface area contributed by atoms with E-state index in [0.29, 0.717) is 0 Å². The SMILES string of the molecule is O=S1(=O)C=C(c2ccccc2)C2(c3ccccc3)C=NNC21. The van der Waals surface area contributed by atoms with Gasteiger partial charge in [0.2, 0.25) is 0 Å². The van der Waals surface area contributed by atoms with E-state index in [1.807, 2.05) is 60.7 Å². The summed E-state index contributed by atoms with van der Waals surface area (Å²) in [5.41, 5.74) is 4.58. The Labute approximate surface area is 129 Å². The number of hydrogen-bond donors (Lipinski definition) is 1. The van der Waals surface area contributed by atoms with E-state index in [9.17, 15) is 8.42 Å². The number of hydrazone groups is 1. The minimum atomic E-state index is -3.43. The largest absolute Gasteiger partial charge is 0.290 e. The molecule has 0 saturated carbocycles. The van der Waals surface area contributed by atoms with Crippen LogP contribution in [0.2, 0.25) is 0 Å². The maximum atomic E-state index is 12.6. The van der Waals surface area contributed by atoms with Gasteiger partial charge in [-0.15, -0.1) is 0 Å². The molecule has 0 spiro atoms. The highest BCUT2D eigenvalue weighted by Gasteiger charge is 2.56. The summed E-state index contributed by atoms with van der Waals surface area (Å²) in [5.74, 6) is 0. The van der Waals surface area contributed by atoms with E-state index in [0.717, 1.165) is 16.7 Å². The van der Waals surface area contributed by atoms with E-state index >= 15 is 0 Å². The molecule has 110 valence electrons. The van der Waals surface area contributed by atoms with Crippen molar-refractivity contribution in [1.29, 1.82) is 0 Å². The maximum Gasteiger partial charge on any atom is 0.195 e. The summed E-state index contributed by atoms with van der Waals surface area (Å²) >= 11 is 0. The standard InChI is InChI=1S/C17H14N2O2S/c20-22(21)11-15(13-7-3-1-4-8-13)17(12-18-19-16(17)22)14-9-5-2-6-10-14/h1-12,16,19H. The van der Waals surface area contributed by atoms with E-state index in [-0.39, 0.29) is 0 Å². The summed E-state index contributed by atoms with van der Waals surface area (Å²) in [6.45, 7) is 0. The lowest BCUT2D eigenvalue weighted by Crippen LogP contribution is -2.43. The first kappa shape index (κ1) is 13.3. The van der Waals surface area contributed by atoms with Crippen molar-refractivity contribution in [3.05, 3.63) is 77.2 Å². The van der Waals surface area contributed by atoms with Crippen LogP contribution in [-0.4, -0.2) is 20.0 Å². The fourth-order valence-corrected chi connectivity index (χ4v) is 5.11. The third kappa shape index (κ3) is 1.69. The van der Waals surface area contributed by atoms with Crippen LogP contribution in [0.15, 0.2) is 71.2 Å². The topological polar surface area (TPSA) is 58.5 Å². The molecule has 0 aliphatic carbocycles. The summed E-state index contributed by atoms with van der Waals surface area (Å²) in [6.07, 6.45) is 1.72. The van der Waals surface area contributed by atoms with Crippen molar-refractivity contribution in [2.45, 2.75) is 10.8 Å². The summed E-state index contributed by atoms with van der Waals surface area (Å²) in [7, 11) is -3.43. The Kier molecular flexibility index (Phi) is 2.74. The van der Waals surface area contributed by atoms with Crippen molar-refractivity contribution in [2.24, 2.45) is 5.10 Å². The molecular weight excluding hydrogens is 296 g/mol. The monoisotopic (exact) mass is 310 g/mol. The molecule has 1 N–H and O–H groups in total. The first-order valence-corrected chi connectivity index (χ1v) is 8.62. The number of hydrogen-bond acceptors (Lipinski definition) is 4. The Bertz CT molecular complexity index is 873. The second-order valence-corrected chi connectivity index (χ2v) is 7.37. The fraction of sp³-hybridized carbons (Fsp3) is 0.118. The molecule has 0 saturated heterocycles. The van der Waals surface area contributed by atoms with Crippen molar-refractivity contribution in [2.75, 3.05) is 0 Å². The lowest BCUT2D eigenvalue weighted by atomic mass is 9.73. The minimum absolute atomic E-state index is 0.762. The molecule has 0 fully saturated rings. The molecule has 2 aromatic carbocycles. The molecule has 2 aliphatic rings. The first-order valence-electron chi connectivity index (χ1n) is 7.01. The lowest BCUT2D eigenvalue weighted by molar-refractivity contribution is 0.553. The Morgan fingerprint density at radius 1 is 0.955 bits per heavy atom. The zero-order valence-corrected chi connectivity index (χ0v) is 12.5. The van der Waals surface area contributed by atoms with Crippen LogP contribution in [0.25, 0.3) is 5.57 Å². The van der Waals surface area contributed by atoms with Gasteiger partial charge in [0.25, 0.3) is 0 Å². The third-order valence-electron chi connectivity index (χ3n) is 4.27. The summed E-state index contributed by atoms with van der Waals surface area (Å²) in [5, 5.41) is 4.70. The molecule has 0 bridgehead atoms. The Hall–Kier alpha value is -2.40. The highest BCUT2D eigenvalue weighted by Crippen LogP contribution is 2.49. The maximum absolute atomic E-state index is 12.6. The van der Waals surface area contributed by atoms with Gasteiger partial charge in [-0.2, -0.15) is 5.10 Å². The molecule has 0 radical (unpaired) electrons. The summed E-state index contributed by atoms with van der Waals surface area (Å²) < 4.78 is 25.2. The normalized spacial score (nSPS) is 28.0. The predicted molar refractivity (Wildman–Crippen MR) is 86.9 cm³/mol. The Morgan fingerprint density at radius 3 is 2.27 bits per heavy atom. The van der Waals surface area contributed by atoms with Crippen LogP contribution in [0, 0.1) is 0 Å². The average Bonchev–Trinajstić information content (AvgIpc) is 3.09. The van der Waals surface area contributed by atoms with E-state index < -0.39 is 20.6 Å². The van der Waals surface area contributed by atoms with Crippen molar-refractivity contribution in [1.82, 2.24) is 5.43 Å². The average molecular weight is 310 g/mol. The molecule has 5 heteroatoms. The number of nitrogens with zero attached hydrogens (tertiary/aromatic N) is 1. The second-order valence-electron chi connectivity index (χ2n) is 5.49. The van der Waals surface area contributed by atoms with Gasteiger partial charge < -0.3 is 0 Å². The number of benzene rings is 2. The summed E-state index contributed by atoms with van der Waals surface area (Å²) in [4.78, 5) is 0. The van der Waals surface area contributed by atoms with Gasteiger partial charge in [-0.1, -0.05) is 60.7 Å². The van der Waals surface area contributed by atoms with Gasteiger partial charge in [-0.05, 0) is 16.7 Å². The van der Waals surface area contributed by atoms with Gasteiger partial charge in [-0.25, -0.2) is 8.42 Å². The highest BCUT2D eigenvalue weighted by atomic mass is 32.2. The van der Waals surface area contributed by atoms with Crippen LogP contribution in [-0.2, 0) is 15.3 Å². The van der Waals surface area contributed by atoms with Crippen LogP contribution < -0.4 is 5.43 Å². The Morgan fingerprint density at radius 2 is 1.59 bits per heavy atom. The van der Waals surface area contributed by atoms with Crippen LogP contribution in [0.1, 0.15) is 11.1 Å². The van der Waals surface area contributed by atoms with Gasteiger partial charge in [0.1, 0.15) is 0 Å². The van der Waals surface area contributed by atoms with Gasteiger partial charge in [0, 0.05) is 11.6 Å². The highest BCUT2D eigenvalue weighted by molar-refractivity contribution is 7.95. The molecule has 4 rings (SSSR count). The van der Waals surface area contributed by atoms with Crippen LogP contribution in [0.5, 0.6) is 0 Å². The number of rotatable bonds is 2. The molecular formula is C17H14N2O2S. The Balaban J connectivity index is 2.01. The molecule has 0 amide bonds. The van der Waals surface area contributed by atoms with Crippen molar-refractivity contribution < 1.29 is 8.42 Å². The van der Waals surface area contributed by atoms with E-state index in [1.54, 1.807) is 6.21 Å². The smallest absolute Gasteiger partial charge is 0.195 e. The molecule has 2 aliphatic heterocycles. The van der Waals surface area contributed by atoms with E-state index in [1.165, 1.54) is 5.41 Å². The lowest BCUT2D eigenvalue weighted by Gasteiger charge is -2.29. The van der Waals surface area contributed by atoms with Gasteiger partial charge in [0.15, 0.2) is 15.2 Å². The third-order valence-corrected chi connectivity index (χ3v) is 5.96. The molecule has 2 heterocycles. The molecule has 0 aromatic heterocycles. The van der Waals surface area contributed by atoms with E-state index in [4.69, 9.17) is 0 Å². The first-order chi connectivity index (χ1) is 10.6. The number of fused-ring (bicyclic) bond motifs is 1. The zero-order valence-electron chi connectivity index (χ0n) is 11.7. The van der Waals surface area contributed by atoms with Crippen molar-refractivity contribution >= 4 is 21.6 Å². The molecule has 2 aromatic rings. The second kappa shape index (κ2) is 4.55. The van der Waals surface area contributed by atoms with Crippen LogP contribution in [0.4, 0.5) is 0 Å².